The molecule has 3 rings (SSSR count). The Morgan fingerprint density at radius 3 is 2.50 bits per heavy atom. The monoisotopic (exact) mass is 291 g/mol. The molecule has 0 fully saturated rings. The maximum atomic E-state index is 5.75. The number of hydrogen-bond donors (Lipinski definition) is 0. The lowest BCUT2D eigenvalue weighted by Crippen LogP contribution is -2.08. The molecule has 0 amide bonds. The molecule has 2 aromatic heterocycles. The van der Waals surface area contributed by atoms with Gasteiger partial charge in [-0.15, -0.1) is 0 Å². The lowest BCUT2D eigenvalue weighted by Gasteiger charge is -2.07. The van der Waals surface area contributed by atoms with E-state index in [1.165, 1.54) is 0 Å². The Morgan fingerprint density at radius 2 is 1.68 bits per heavy atom. The van der Waals surface area contributed by atoms with E-state index in [-0.39, 0.29) is 0 Å². The lowest BCUT2D eigenvalue weighted by atomic mass is 10.2. The molecular formula is C18H17N3O. The first-order chi connectivity index (χ1) is 10.9. The summed E-state index contributed by atoms with van der Waals surface area (Å²) in [4.78, 5) is 8.59. The summed E-state index contributed by atoms with van der Waals surface area (Å²) in [6, 6.07) is 14.1. The van der Waals surface area contributed by atoms with Crippen LogP contribution < -0.4 is 4.74 Å². The molecule has 0 atom stereocenters. The molecule has 110 valence electrons. The fourth-order valence-corrected chi connectivity index (χ4v) is 2.07. The highest BCUT2D eigenvalue weighted by molar-refractivity contribution is 5.69. The topological polar surface area (TPSA) is 39.9 Å². The second-order valence-corrected chi connectivity index (χ2v) is 4.76. The van der Waals surface area contributed by atoms with Gasteiger partial charge in [0.25, 0.3) is 0 Å². The number of nitrogens with zero attached hydrogens (tertiary/aromatic N) is 3. The van der Waals surface area contributed by atoms with Gasteiger partial charge in [0, 0.05) is 24.8 Å². The predicted octanol–water partition coefficient (Wildman–Crippen LogP) is 3.53. The van der Waals surface area contributed by atoms with Gasteiger partial charge in [-0.2, -0.15) is 0 Å². The van der Waals surface area contributed by atoms with Crippen molar-refractivity contribution in [2.24, 2.45) is 0 Å². The molecule has 2 heterocycles. The molecule has 3 aromatic rings. The van der Waals surface area contributed by atoms with Crippen LogP contribution in [0.15, 0.2) is 67.3 Å². The molecule has 0 spiro atoms. The third-order valence-corrected chi connectivity index (χ3v) is 3.18. The van der Waals surface area contributed by atoms with Crippen LogP contribution in [-0.4, -0.2) is 21.1 Å². The van der Waals surface area contributed by atoms with E-state index in [1.807, 2.05) is 67.0 Å². The lowest BCUT2D eigenvalue weighted by molar-refractivity contribution is 0.285. The van der Waals surface area contributed by atoms with Gasteiger partial charge in [0.05, 0.1) is 6.54 Å². The third kappa shape index (κ3) is 3.82. The van der Waals surface area contributed by atoms with Gasteiger partial charge in [-0.25, -0.2) is 9.97 Å². The molecule has 0 aliphatic heterocycles. The van der Waals surface area contributed by atoms with Crippen LogP contribution >= 0.6 is 0 Å². The standard InChI is InChI=1S/C18H17N3O/c1-2-6-16(7-3-1)8-9-17-18(20-11-10-19-17)22-15-14-21-12-4-5-13-21/h1-13H,14-15H2/b9-8+. The smallest absolute Gasteiger partial charge is 0.240 e. The van der Waals surface area contributed by atoms with Gasteiger partial charge in [0.15, 0.2) is 0 Å². The summed E-state index contributed by atoms with van der Waals surface area (Å²) in [5.74, 6) is 0.557. The average Bonchev–Trinajstić information content (AvgIpc) is 3.08. The summed E-state index contributed by atoms with van der Waals surface area (Å²) in [5, 5.41) is 0. The second kappa shape index (κ2) is 7.22. The molecule has 4 heteroatoms. The van der Waals surface area contributed by atoms with E-state index in [2.05, 4.69) is 14.5 Å². The van der Waals surface area contributed by atoms with Crippen molar-refractivity contribution in [2.75, 3.05) is 6.61 Å². The Morgan fingerprint density at radius 1 is 0.909 bits per heavy atom. The molecule has 0 aliphatic carbocycles. The molecule has 0 N–H and O–H groups in total. The Kier molecular flexibility index (Phi) is 4.62. The van der Waals surface area contributed by atoms with E-state index >= 15 is 0 Å². The van der Waals surface area contributed by atoms with E-state index in [0.29, 0.717) is 12.5 Å². The minimum Gasteiger partial charge on any atom is -0.474 e. The fraction of sp³-hybridized carbons (Fsp3) is 0.111. The summed E-state index contributed by atoms with van der Waals surface area (Å²) in [7, 11) is 0. The summed E-state index contributed by atoms with van der Waals surface area (Å²) >= 11 is 0. The van der Waals surface area contributed by atoms with E-state index in [1.54, 1.807) is 12.4 Å². The number of hydrogen-bond acceptors (Lipinski definition) is 3. The number of rotatable bonds is 6. The summed E-state index contributed by atoms with van der Waals surface area (Å²) in [6.07, 6.45) is 11.3. The van der Waals surface area contributed by atoms with Crippen LogP contribution in [0.2, 0.25) is 0 Å². The highest BCUT2D eigenvalue weighted by atomic mass is 16.5. The number of ether oxygens (including phenoxy) is 1. The molecule has 0 saturated heterocycles. The van der Waals surface area contributed by atoms with Crippen LogP contribution in [-0.2, 0) is 6.54 Å². The first kappa shape index (κ1) is 14.1. The van der Waals surface area contributed by atoms with Crippen molar-refractivity contribution < 1.29 is 4.74 Å². The van der Waals surface area contributed by atoms with Crippen molar-refractivity contribution in [3.05, 3.63) is 78.5 Å². The molecule has 0 unspecified atom stereocenters. The van der Waals surface area contributed by atoms with Crippen LogP contribution in [0.1, 0.15) is 11.3 Å². The molecule has 22 heavy (non-hydrogen) atoms. The van der Waals surface area contributed by atoms with E-state index in [4.69, 9.17) is 4.74 Å². The van der Waals surface area contributed by atoms with Gasteiger partial charge in [0.1, 0.15) is 12.3 Å². The minimum atomic E-state index is 0.555. The number of aromatic nitrogens is 3. The van der Waals surface area contributed by atoms with Crippen LogP contribution in [0, 0.1) is 0 Å². The van der Waals surface area contributed by atoms with Gasteiger partial charge in [0.2, 0.25) is 5.88 Å². The van der Waals surface area contributed by atoms with Gasteiger partial charge in [-0.1, -0.05) is 36.4 Å². The first-order valence-electron chi connectivity index (χ1n) is 7.19. The summed E-state index contributed by atoms with van der Waals surface area (Å²) in [5.41, 5.74) is 1.85. The van der Waals surface area contributed by atoms with Crippen LogP contribution in [0.4, 0.5) is 0 Å². The van der Waals surface area contributed by atoms with Crippen LogP contribution in [0.3, 0.4) is 0 Å². The van der Waals surface area contributed by atoms with Crippen molar-refractivity contribution in [1.82, 2.24) is 14.5 Å². The zero-order valence-corrected chi connectivity index (χ0v) is 12.2. The highest BCUT2D eigenvalue weighted by Crippen LogP contribution is 2.15. The summed E-state index contributed by atoms with van der Waals surface area (Å²) in [6.45, 7) is 1.34. The Bertz CT molecular complexity index is 721. The Hall–Kier alpha value is -2.88. The van der Waals surface area contributed by atoms with Crippen molar-refractivity contribution in [2.45, 2.75) is 6.54 Å². The summed E-state index contributed by atoms with van der Waals surface area (Å²) < 4.78 is 7.82. The largest absolute Gasteiger partial charge is 0.474 e. The van der Waals surface area contributed by atoms with Crippen molar-refractivity contribution in [3.63, 3.8) is 0 Å². The number of benzene rings is 1. The third-order valence-electron chi connectivity index (χ3n) is 3.18. The zero-order valence-electron chi connectivity index (χ0n) is 12.2. The quantitative estimate of drug-likeness (QED) is 0.697. The normalized spacial score (nSPS) is 10.9. The molecule has 0 aliphatic rings. The minimum absolute atomic E-state index is 0.555. The highest BCUT2D eigenvalue weighted by Gasteiger charge is 2.03. The van der Waals surface area contributed by atoms with Gasteiger partial charge in [-0.3, -0.25) is 0 Å². The van der Waals surface area contributed by atoms with Gasteiger partial charge < -0.3 is 9.30 Å². The maximum Gasteiger partial charge on any atom is 0.240 e. The molecule has 0 radical (unpaired) electrons. The van der Waals surface area contributed by atoms with Crippen molar-refractivity contribution in [3.8, 4) is 5.88 Å². The predicted molar refractivity (Wildman–Crippen MR) is 87.3 cm³/mol. The van der Waals surface area contributed by atoms with Crippen LogP contribution in [0.5, 0.6) is 5.88 Å². The van der Waals surface area contributed by atoms with Crippen LogP contribution in [0.25, 0.3) is 12.2 Å². The second-order valence-electron chi connectivity index (χ2n) is 4.76. The zero-order chi connectivity index (χ0) is 15.0. The Labute approximate surface area is 129 Å². The Balaban J connectivity index is 1.66. The average molecular weight is 291 g/mol. The van der Waals surface area contributed by atoms with Gasteiger partial charge >= 0.3 is 0 Å². The van der Waals surface area contributed by atoms with E-state index in [9.17, 15) is 0 Å². The maximum absolute atomic E-state index is 5.75. The van der Waals surface area contributed by atoms with Crippen molar-refractivity contribution >= 4 is 12.2 Å². The first-order valence-corrected chi connectivity index (χ1v) is 7.19. The van der Waals surface area contributed by atoms with Crippen molar-refractivity contribution in [1.29, 1.82) is 0 Å². The molecule has 1 aromatic carbocycles. The van der Waals surface area contributed by atoms with E-state index < -0.39 is 0 Å². The SMILES string of the molecule is C(=C\c1nccnc1OCCn1cccc1)/c1ccccc1. The fourth-order valence-electron chi connectivity index (χ4n) is 2.07. The molecular weight excluding hydrogens is 274 g/mol. The van der Waals surface area contributed by atoms with Gasteiger partial charge in [-0.05, 0) is 23.8 Å². The molecule has 0 saturated carbocycles. The molecule has 0 bridgehead atoms. The molecule has 4 nitrogen and oxygen atoms in total. The van der Waals surface area contributed by atoms with E-state index in [0.717, 1.165) is 17.8 Å².